The summed E-state index contributed by atoms with van der Waals surface area (Å²) in [5.74, 6) is 1.72. The van der Waals surface area contributed by atoms with E-state index in [2.05, 4.69) is 31.9 Å². The highest BCUT2D eigenvalue weighted by molar-refractivity contribution is 5.80. The SMILES string of the molecule is CCOC1CCN(C(=NC)NCCN2CCN(C(=O)C3CCCC3)CC2)CC1. The molecule has 1 saturated carbocycles. The molecule has 1 N–H and O–H groups in total. The molecule has 2 saturated heterocycles. The van der Waals surface area contributed by atoms with Crippen LogP contribution in [0.5, 0.6) is 0 Å². The number of hydrogen-bond acceptors (Lipinski definition) is 4. The molecule has 0 bridgehead atoms. The molecule has 0 aromatic carbocycles. The van der Waals surface area contributed by atoms with Crippen molar-refractivity contribution in [2.75, 3.05) is 66.0 Å². The molecule has 1 aliphatic carbocycles. The molecule has 7 heteroatoms. The summed E-state index contributed by atoms with van der Waals surface area (Å²) in [5, 5.41) is 3.52. The Morgan fingerprint density at radius 1 is 1.00 bits per heavy atom. The first kappa shape index (κ1) is 21.4. The van der Waals surface area contributed by atoms with Crippen molar-refractivity contribution < 1.29 is 9.53 Å². The molecule has 28 heavy (non-hydrogen) atoms. The smallest absolute Gasteiger partial charge is 0.225 e. The zero-order valence-corrected chi connectivity index (χ0v) is 17.9. The first-order valence-electron chi connectivity index (χ1n) is 11.3. The lowest BCUT2D eigenvalue weighted by atomic mass is 10.1. The van der Waals surface area contributed by atoms with Gasteiger partial charge in [-0.1, -0.05) is 12.8 Å². The van der Waals surface area contributed by atoms with E-state index in [-0.39, 0.29) is 0 Å². The van der Waals surface area contributed by atoms with Crippen molar-refractivity contribution in [1.82, 2.24) is 20.0 Å². The third-order valence-corrected chi connectivity index (χ3v) is 6.46. The molecule has 160 valence electrons. The van der Waals surface area contributed by atoms with E-state index in [1.165, 1.54) is 12.8 Å². The second-order valence-corrected chi connectivity index (χ2v) is 8.26. The highest BCUT2D eigenvalue weighted by atomic mass is 16.5. The van der Waals surface area contributed by atoms with E-state index >= 15 is 0 Å². The minimum absolute atomic E-state index is 0.309. The largest absolute Gasteiger partial charge is 0.378 e. The molecule has 7 nitrogen and oxygen atoms in total. The molecular weight excluding hydrogens is 354 g/mol. The number of piperazine rings is 1. The normalized spacial score (nSPS) is 23.4. The van der Waals surface area contributed by atoms with E-state index in [4.69, 9.17) is 4.74 Å². The van der Waals surface area contributed by atoms with E-state index in [0.717, 1.165) is 90.6 Å². The van der Waals surface area contributed by atoms with E-state index in [1.807, 2.05) is 7.05 Å². The van der Waals surface area contributed by atoms with Crippen molar-refractivity contribution in [3.63, 3.8) is 0 Å². The van der Waals surface area contributed by atoms with E-state index in [0.29, 0.717) is 17.9 Å². The summed E-state index contributed by atoms with van der Waals surface area (Å²) < 4.78 is 5.74. The Labute approximate surface area is 170 Å². The van der Waals surface area contributed by atoms with Gasteiger partial charge in [0.1, 0.15) is 0 Å². The predicted octanol–water partition coefficient (Wildman–Crippen LogP) is 1.40. The number of likely N-dealkylation sites (tertiary alicyclic amines) is 1. The maximum Gasteiger partial charge on any atom is 0.225 e. The molecule has 3 aliphatic rings. The average molecular weight is 394 g/mol. The van der Waals surface area contributed by atoms with Crippen LogP contribution < -0.4 is 5.32 Å². The number of carbonyl (C=O) groups excluding carboxylic acids is 1. The van der Waals surface area contributed by atoms with Gasteiger partial charge in [0.05, 0.1) is 6.10 Å². The molecule has 0 radical (unpaired) electrons. The number of piperidine rings is 1. The van der Waals surface area contributed by atoms with Gasteiger partial charge in [-0.05, 0) is 32.6 Å². The molecule has 1 amide bonds. The maximum absolute atomic E-state index is 12.6. The van der Waals surface area contributed by atoms with Crippen molar-refractivity contribution in [1.29, 1.82) is 0 Å². The fourth-order valence-electron chi connectivity index (χ4n) is 4.75. The molecular formula is C21H39N5O2. The Balaban J connectivity index is 1.32. The van der Waals surface area contributed by atoms with Crippen LogP contribution in [0.2, 0.25) is 0 Å². The summed E-state index contributed by atoms with van der Waals surface area (Å²) >= 11 is 0. The third-order valence-electron chi connectivity index (χ3n) is 6.46. The number of ether oxygens (including phenoxy) is 1. The van der Waals surface area contributed by atoms with E-state index in [9.17, 15) is 4.79 Å². The van der Waals surface area contributed by atoms with Crippen molar-refractivity contribution >= 4 is 11.9 Å². The molecule has 3 fully saturated rings. The summed E-state index contributed by atoms with van der Waals surface area (Å²) in [7, 11) is 1.87. The standard InChI is InChI=1S/C21H39N5O2/c1-3-28-19-8-11-26(12-9-19)21(22-2)23-10-13-24-14-16-25(17-15-24)20(27)18-6-4-5-7-18/h18-19H,3-17H2,1-2H3,(H,22,23). The topological polar surface area (TPSA) is 60.4 Å². The zero-order chi connectivity index (χ0) is 19.8. The first-order chi connectivity index (χ1) is 13.7. The van der Waals surface area contributed by atoms with Gasteiger partial charge in [-0.3, -0.25) is 14.7 Å². The second kappa shape index (κ2) is 11.0. The van der Waals surface area contributed by atoms with Gasteiger partial charge in [0, 0.05) is 71.9 Å². The van der Waals surface area contributed by atoms with E-state index < -0.39 is 0 Å². The van der Waals surface area contributed by atoms with Crippen LogP contribution in [0.25, 0.3) is 0 Å². The van der Waals surface area contributed by atoms with Crippen LogP contribution in [0.1, 0.15) is 45.4 Å². The molecule has 0 spiro atoms. The number of carbonyl (C=O) groups is 1. The number of aliphatic imine (C=N–C) groups is 1. The van der Waals surface area contributed by atoms with Crippen LogP contribution >= 0.6 is 0 Å². The fraction of sp³-hybridized carbons (Fsp3) is 0.905. The lowest BCUT2D eigenvalue weighted by Gasteiger charge is -2.37. The molecule has 0 atom stereocenters. The van der Waals surface area contributed by atoms with Gasteiger partial charge in [-0.25, -0.2) is 0 Å². The quantitative estimate of drug-likeness (QED) is 0.546. The summed E-state index contributed by atoms with van der Waals surface area (Å²) in [5.41, 5.74) is 0. The minimum Gasteiger partial charge on any atom is -0.378 e. The predicted molar refractivity (Wildman–Crippen MR) is 113 cm³/mol. The Bertz CT molecular complexity index is 505. The monoisotopic (exact) mass is 393 g/mol. The highest BCUT2D eigenvalue weighted by Crippen LogP contribution is 2.26. The van der Waals surface area contributed by atoms with Crippen LogP contribution in [0, 0.1) is 5.92 Å². The number of nitrogens with zero attached hydrogens (tertiary/aromatic N) is 4. The fourth-order valence-corrected chi connectivity index (χ4v) is 4.75. The Kier molecular flexibility index (Phi) is 8.40. The number of nitrogens with one attached hydrogen (secondary N) is 1. The number of rotatable bonds is 6. The van der Waals surface area contributed by atoms with Crippen LogP contribution in [0.15, 0.2) is 4.99 Å². The number of amides is 1. The minimum atomic E-state index is 0.309. The molecule has 0 unspecified atom stereocenters. The average Bonchev–Trinajstić information content (AvgIpc) is 3.27. The number of guanidine groups is 1. The Morgan fingerprint density at radius 3 is 2.29 bits per heavy atom. The van der Waals surface area contributed by atoms with Gasteiger partial charge in [0.15, 0.2) is 5.96 Å². The molecule has 3 rings (SSSR count). The second-order valence-electron chi connectivity index (χ2n) is 8.26. The van der Waals surface area contributed by atoms with Crippen molar-refractivity contribution in [3.8, 4) is 0 Å². The highest BCUT2D eigenvalue weighted by Gasteiger charge is 2.29. The van der Waals surface area contributed by atoms with Gasteiger partial charge in [-0.15, -0.1) is 0 Å². The van der Waals surface area contributed by atoms with Crippen molar-refractivity contribution in [3.05, 3.63) is 0 Å². The lowest BCUT2D eigenvalue weighted by molar-refractivity contribution is -0.137. The zero-order valence-electron chi connectivity index (χ0n) is 17.9. The van der Waals surface area contributed by atoms with Crippen LogP contribution in [-0.4, -0.2) is 98.7 Å². The maximum atomic E-state index is 12.6. The van der Waals surface area contributed by atoms with Gasteiger partial charge >= 0.3 is 0 Å². The molecule has 2 heterocycles. The van der Waals surface area contributed by atoms with Crippen molar-refractivity contribution in [2.45, 2.75) is 51.6 Å². The van der Waals surface area contributed by atoms with Crippen LogP contribution in [0.4, 0.5) is 0 Å². The lowest BCUT2D eigenvalue weighted by Crippen LogP contribution is -2.52. The summed E-state index contributed by atoms with van der Waals surface area (Å²) in [4.78, 5) is 23.9. The Morgan fingerprint density at radius 2 is 1.68 bits per heavy atom. The molecule has 0 aromatic rings. The molecule has 0 aromatic heterocycles. The first-order valence-corrected chi connectivity index (χ1v) is 11.3. The van der Waals surface area contributed by atoms with Gasteiger partial charge in [0.25, 0.3) is 0 Å². The summed E-state index contributed by atoms with van der Waals surface area (Å²) in [6, 6.07) is 0. The van der Waals surface area contributed by atoms with Gasteiger partial charge in [-0.2, -0.15) is 0 Å². The van der Waals surface area contributed by atoms with Crippen molar-refractivity contribution in [2.24, 2.45) is 10.9 Å². The van der Waals surface area contributed by atoms with Crippen LogP contribution in [0.3, 0.4) is 0 Å². The van der Waals surface area contributed by atoms with Gasteiger partial charge in [0.2, 0.25) is 5.91 Å². The number of hydrogen-bond donors (Lipinski definition) is 1. The summed E-state index contributed by atoms with van der Waals surface area (Å²) in [6.07, 6.45) is 7.21. The summed E-state index contributed by atoms with van der Waals surface area (Å²) in [6.45, 7) is 10.5. The Hall–Kier alpha value is -1.34. The van der Waals surface area contributed by atoms with Gasteiger partial charge < -0.3 is 19.9 Å². The van der Waals surface area contributed by atoms with Crippen LogP contribution in [-0.2, 0) is 9.53 Å². The van der Waals surface area contributed by atoms with E-state index in [1.54, 1.807) is 0 Å². The molecule has 2 aliphatic heterocycles. The third kappa shape index (κ3) is 5.83.